The minimum atomic E-state index is 0. The summed E-state index contributed by atoms with van der Waals surface area (Å²) in [6.07, 6.45) is 0. The predicted octanol–water partition coefficient (Wildman–Crippen LogP) is -1.23. The van der Waals surface area contributed by atoms with Crippen LogP contribution in [0, 0.1) is 6.92 Å². The summed E-state index contributed by atoms with van der Waals surface area (Å²) in [6, 6.07) is 8.14. The molecule has 1 aromatic rings. The van der Waals surface area contributed by atoms with Gasteiger partial charge in [0.15, 0.2) is 0 Å². The molecule has 0 spiro atoms. The van der Waals surface area contributed by atoms with Gasteiger partial charge in [-0.3, -0.25) is 0 Å². The molecule has 0 N–H and O–H groups in total. The zero-order valence-corrected chi connectivity index (χ0v) is 6.81. The van der Waals surface area contributed by atoms with Gasteiger partial charge in [0.2, 0.25) is 0 Å². The van der Waals surface area contributed by atoms with Crippen molar-refractivity contribution >= 4 is 14.5 Å². The molecule has 0 fully saturated rings. The number of rotatable bonds is 0. The molecular weight excluding hydrogens is 122 g/mol. The Labute approximate surface area is 70.4 Å². The van der Waals surface area contributed by atoms with Gasteiger partial charge in [-0.15, -0.1) is 0 Å². The summed E-state index contributed by atoms with van der Waals surface area (Å²) >= 11 is 0. The number of aryl methyl sites for hydroxylation is 1. The van der Waals surface area contributed by atoms with Crippen molar-refractivity contribution in [2.24, 2.45) is 0 Å². The third-order valence-corrected chi connectivity index (χ3v) is 1.71. The second-order valence-electron chi connectivity index (χ2n) is 1.81. The summed E-state index contributed by atoms with van der Waals surface area (Å²) in [6.45, 7) is 2.07. The minimum Gasteiger partial charge on any atom is -0.524 e. The average molecular weight is 130 g/mol. The van der Waals surface area contributed by atoms with Crippen molar-refractivity contribution in [2.45, 2.75) is 6.92 Å². The summed E-state index contributed by atoms with van der Waals surface area (Å²) < 4.78 is 0. The second-order valence-corrected chi connectivity index (χ2v) is 2.35. The Morgan fingerprint density at radius 1 is 1.22 bits per heavy atom. The summed E-state index contributed by atoms with van der Waals surface area (Å²) in [5.74, 6) is 0. The van der Waals surface area contributed by atoms with Crippen LogP contribution in [0.25, 0.3) is 0 Å². The zero-order valence-electron chi connectivity index (χ0n) is 5.81. The van der Waals surface area contributed by atoms with Gasteiger partial charge in [-0.2, -0.15) is 0 Å². The molecule has 0 nitrogen and oxygen atoms in total. The molecule has 9 heavy (non-hydrogen) atoms. The molecule has 0 aliphatic heterocycles. The summed E-state index contributed by atoms with van der Waals surface area (Å²) in [7, 11) is 3.44. The molecule has 0 bridgehead atoms. The fraction of sp³-hybridized carbons (Fsp3) is 0.143. The van der Waals surface area contributed by atoms with Crippen LogP contribution >= 0.6 is 9.24 Å². The van der Waals surface area contributed by atoms with Crippen LogP contribution < -0.4 is 24.2 Å². The molecule has 0 radical (unpaired) electrons. The first-order valence-electron chi connectivity index (χ1n) is 2.58. The molecule has 0 heterocycles. The number of benzene rings is 1. The van der Waals surface area contributed by atoms with E-state index < -0.39 is 0 Å². The van der Waals surface area contributed by atoms with E-state index in [4.69, 9.17) is 0 Å². The van der Waals surface area contributed by atoms with Crippen LogP contribution in [-0.2, 0) is 0 Å². The van der Waals surface area contributed by atoms with Crippen LogP contribution in [0.5, 0.6) is 0 Å². The van der Waals surface area contributed by atoms with E-state index in [2.05, 4.69) is 22.2 Å². The van der Waals surface area contributed by atoms with Gasteiger partial charge >= 0.3 is 18.9 Å². The smallest absolute Gasteiger partial charge is 0.524 e. The van der Waals surface area contributed by atoms with E-state index in [0.29, 0.717) is 0 Å². The normalized spacial score (nSPS) is 8.22. The first-order chi connectivity index (χ1) is 3.80. The third kappa shape index (κ3) is 2.54. The Bertz CT molecular complexity index is 165. The quantitative estimate of drug-likeness (QED) is 0.304. The Hall–Kier alpha value is 0.247. The summed E-state index contributed by atoms with van der Waals surface area (Å²) in [5.41, 5.74) is 1.28. The molecule has 0 saturated carbocycles. The molecule has 0 atom stereocenters. The average Bonchev–Trinajstić information content (AvgIpc) is 1.77. The largest absolute Gasteiger partial charge is 1.00 e. The number of hydrogen-bond donors (Lipinski definition) is 0. The summed E-state index contributed by atoms with van der Waals surface area (Å²) in [4.78, 5) is 0. The van der Waals surface area contributed by atoms with Crippen LogP contribution in [0.4, 0.5) is 0 Å². The van der Waals surface area contributed by atoms with Crippen molar-refractivity contribution in [3.8, 4) is 0 Å². The monoisotopic (exact) mass is 130 g/mol. The van der Waals surface area contributed by atoms with Gasteiger partial charge in [-0.25, -0.2) is 5.30 Å². The van der Waals surface area contributed by atoms with E-state index in [1.165, 1.54) is 10.9 Å². The van der Waals surface area contributed by atoms with Crippen LogP contribution in [0.3, 0.4) is 0 Å². The van der Waals surface area contributed by atoms with Gasteiger partial charge in [0.1, 0.15) is 0 Å². The van der Waals surface area contributed by atoms with Crippen molar-refractivity contribution in [3.63, 3.8) is 0 Å². The Balaban J connectivity index is 0.000000640. The van der Waals surface area contributed by atoms with E-state index in [1.54, 1.807) is 0 Å². The van der Waals surface area contributed by atoms with Crippen LogP contribution in [0.2, 0.25) is 0 Å². The van der Waals surface area contributed by atoms with Crippen molar-refractivity contribution in [1.29, 1.82) is 0 Å². The van der Waals surface area contributed by atoms with Gasteiger partial charge in [-0.1, -0.05) is 29.8 Å². The number of hydrogen-bond acceptors (Lipinski definition) is 0. The molecule has 2 heteroatoms. The van der Waals surface area contributed by atoms with Gasteiger partial charge < -0.3 is 9.24 Å². The Morgan fingerprint density at radius 3 is 2.11 bits per heavy atom. The molecular formula is C7H8LiP. The Kier molecular flexibility index (Phi) is 4.24. The first kappa shape index (κ1) is 9.25. The molecule has 0 aliphatic carbocycles. The third-order valence-electron chi connectivity index (χ3n) is 1.15. The van der Waals surface area contributed by atoms with Crippen LogP contribution in [-0.4, -0.2) is 0 Å². The predicted molar refractivity (Wildman–Crippen MR) is 39.1 cm³/mol. The maximum Gasteiger partial charge on any atom is 1.00 e. The molecule has 0 amide bonds. The van der Waals surface area contributed by atoms with Gasteiger partial charge in [0.25, 0.3) is 0 Å². The van der Waals surface area contributed by atoms with Crippen molar-refractivity contribution in [1.82, 2.24) is 0 Å². The van der Waals surface area contributed by atoms with Crippen molar-refractivity contribution < 1.29 is 18.9 Å². The minimum absolute atomic E-state index is 0. The van der Waals surface area contributed by atoms with Crippen LogP contribution in [0.1, 0.15) is 5.56 Å². The molecule has 0 aliphatic rings. The van der Waals surface area contributed by atoms with Crippen molar-refractivity contribution in [2.75, 3.05) is 0 Å². The van der Waals surface area contributed by atoms with E-state index in [9.17, 15) is 0 Å². The maximum absolute atomic E-state index is 3.44. The Morgan fingerprint density at radius 2 is 1.78 bits per heavy atom. The fourth-order valence-corrected chi connectivity index (χ4v) is 0.752. The maximum atomic E-state index is 3.44. The molecule has 42 valence electrons. The van der Waals surface area contributed by atoms with E-state index >= 15 is 0 Å². The van der Waals surface area contributed by atoms with E-state index in [-0.39, 0.29) is 18.9 Å². The molecule has 1 aromatic carbocycles. The van der Waals surface area contributed by atoms with Crippen molar-refractivity contribution in [3.05, 3.63) is 29.8 Å². The fourth-order valence-electron chi connectivity index (χ4n) is 0.573. The molecule has 0 unspecified atom stereocenters. The molecule has 0 aromatic heterocycles. The van der Waals surface area contributed by atoms with Gasteiger partial charge in [-0.05, 0) is 6.92 Å². The standard InChI is InChI=1S/C7H8P.Li/c1-6-4-2-3-5-7(6)8;/h2-5,8H,1H3;/q-1;+1. The van der Waals surface area contributed by atoms with Crippen LogP contribution in [0.15, 0.2) is 24.3 Å². The van der Waals surface area contributed by atoms with Gasteiger partial charge in [0.05, 0.1) is 0 Å². The topological polar surface area (TPSA) is 0 Å². The molecule has 1 rings (SSSR count). The molecule has 0 saturated heterocycles. The second kappa shape index (κ2) is 4.13. The van der Waals surface area contributed by atoms with E-state index in [0.717, 1.165) is 0 Å². The van der Waals surface area contributed by atoms with Gasteiger partial charge in [0, 0.05) is 0 Å². The SMILES string of the molecule is Cc1ccccc1[PH-].[Li+]. The van der Waals surface area contributed by atoms with E-state index in [1.807, 2.05) is 18.2 Å². The summed E-state index contributed by atoms with van der Waals surface area (Å²) in [5, 5.41) is 1.17. The zero-order chi connectivity index (χ0) is 5.98. The first-order valence-corrected chi connectivity index (χ1v) is 3.08.